The summed E-state index contributed by atoms with van der Waals surface area (Å²) in [6, 6.07) is -0.827. The molecule has 0 rings (SSSR count). The maximum atomic E-state index is 13.8. The molecule has 0 radical (unpaired) electrons. The summed E-state index contributed by atoms with van der Waals surface area (Å²) >= 11 is 0. The Bertz CT molecular complexity index is 620. The first-order valence-corrected chi connectivity index (χ1v) is 20.7. The molecule has 0 aliphatic rings. The van der Waals surface area contributed by atoms with Crippen molar-refractivity contribution in [3.63, 3.8) is 0 Å². The van der Waals surface area contributed by atoms with Crippen molar-refractivity contribution in [1.29, 1.82) is 0 Å². The molecular formula is C14H29F9O4Si4. The van der Waals surface area contributed by atoms with Gasteiger partial charge in [0.15, 0.2) is 8.32 Å². The minimum Gasteiger partial charge on any atom is -0.436 e. The highest BCUT2D eigenvalue weighted by Gasteiger charge is 2.81. The molecule has 0 amide bonds. The van der Waals surface area contributed by atoms with E-state index in [9.17, 15) is 44.3 Å². The van der Waals surface area contributed by atoms with Crippen molar-refractivity contribution in [2.24, 2.45) is 0 Å². The van der Waals surface area contributed by atoms with Gasteiger partial charge in [-0.3, -0.25) is 0 Å². The van der Waals surface area contributed by atoms with E-state index in [2.05, 4.69) is 0 Å². The first-order chi connectivity index (χ1) is 13.1. The van der Waals surface area contributed by atoms with Crippen LogP contribution in [0.2, 0.25) is 58.4 Å². The van der Waals surface area contributed by atoms with Crippen molar-refractivity contribution < 1.29 is 56.7 Å². The molecule has 17 heteroatoms. The zero-order chi connectivity index (χ0) is 25.5. The van der Waals surface area contributed by atoms with Crippen LogP contribution in [0.1, 0.15) is 6.42 Å². The second kappa shape index (κ2) is 9.03. The van der Waals surface area contributed by atoms with Gasteiger partial charge in [0.25, 0.3) is 0 Å². The Labute approximate surface area is 179 Å². The fourth-order valence-electron chi connectivity index (χ4n) is 2.97. The summed E-state index contributed by atoms with van der Waals surface area (Å²) in [5.41, 5.74) is 0. The van der Waals surface area contributed by atoms with E-state index in [0.29, 0.717) is 0 Å². The van der Waals surface area contributed by atoms with Crippen LogP contribution in [-0.4, -0.2) is 62.7 Å². The summed E-state index contributed by atoms with van der Waals surface area (Å²) in [6.45, 7) is 11.9. The molecule has 0 aromatic carbocycles. The lowest BCUT2D eigenvalue weighted by molar-refractivity contribution is -0.396. The third-order valence-electron chi connectivity index (χ3n) is 3.76. The second-order valence-corrected chi connectivity index (χ2v) is 24.1. The van der Waals surface area contributed by atoms with E-state index in [4.69, 9.17) is 12.3 Å². The maximum absolute atomic E-state index is 13.8. The van der Waals surface area contributed by atoms with Crippen LogP contribution in [0, 0.1) is 0 Å². The molecule has 1 N–H and O–H groups in total. The summed E-state index contributed by atoms with van der Waals surface area (Å²) in [7, 11) is -12.3. The van der Waals surface area contributed by atoms with Crippen molar-refractivity contribution in [2.75, 3.05) is 0 Å². The first-order valence-electron chi connectivity index (χ1n) is 9.11. The van der Waals surface area contributed by atoms with Crippen LogP contribution >= 0.6 is 0 Å². The molecule has 0 bridgehead atoms. The van der Waals surface area contributed by atoms with Crippen LogP contribution in [0.4, 0.5) is 39.5 Å². The zero-order valence-electron chi connectivity index (χ0n) is 18.5. The smallest absolute Gasteiger partial charge is 0.436 e. The molecule has 188 valence electrons. The minimum atomic E-state index is -6.90. The summed E-state index contributed by atoms with van der Waals surface area (Å²) in [6.07, 6.45) is -8.77. The highest BCUT2D eigenvalue weighted by molar-refractivity contribution is 6.88. The standard InChI is InChI=1S/C14H29F9O4Si4/c1-28(2,25-30(5,6)27-31(7,8)26-29(3,4)24)10-9-11(15,16)12(17,18)13(19,20)14(21,22)23/h24H,9-10H2,1-8H3. The van der Waals surface area contributed by atoms with Gasteiger partial charge in [-0.2, -0.15) is 39.5 Å². The van der Waals surface area contributed by atoms with Gasteiger partial charge in [-0.25, -0.2) is 0 Å². The van der Waals surface area contributed by atoms with Crippen LogP contribution < -0.4 is 0 Å². The van der Waals surface area contributed by atoms with Gasteiger partial charge in [0.1, 0.15) is 0 Å². The van der Waals surface area contributed by atoms with E-state index in [-0.39, 0.29) is 0 Å². The fraction of sp³-hybridized carbons (Fsp3) is 1.00. The molecule has 0 saturated carbocycles. The number of hydrogen-bond acceptors (Lipinski definition) is 4. The molecule has 0 spiro atoms. The molecule has 0 aliphatic carbocycles. The highest BCUT2D eigenvalue weighted by atomic mass is 28.5. The topological polar surface area (TPSA) is 47.9 Å². The number of alkyl halides is 9. The number of rotatable bonds is 11. The lowest BCUT2D eigenvalue weighted by Gasteiger charge is -2.40. The van der Waals surface area contributed by atoms with Gasteiger partial charge in [-0.05, 0) is 58.4 Å². The number of hydrogen-bond donors (Lipinski definition) is 1. The molecule has 0 atom stereocenters. The summed E-state index contributed by atoms with van der Waals surface area (Å²) in [4.78, 5) is 9.91. The molecule has 0 aromatic heterocycles. The van der Waals surface area contributed by atoms with Crippen LogP contribution in [-0.2, 0) is 12.3 Å². The van der Waals surface area contributed by atoms with Gasteiger partial charge in [-0.1, -0.05) is 0 Å². The lowest BCUT2D eigenvalue weighted by atomic mass is 10.0. The fourth-order valence-corrected chi connectivity index (χ4v) is 20.3. The molecule has 0 fully saturated rings. The van der Waals surface area contributed by atoms with Gasteiger partial charge in [0.05, 0.1) is 0 Å². The summed E-state index contributed by atoms with van der Waals surface area (Å²) in [5.74, 6) is -19.2. The van der Waals surface area contributed by atoms with Crippen molar-refractivity contribution in [3.8, 4) is 0 Å². The van der Waals surface area contributed by atoms with Crippen LogP contribution in [0.3, 0.4) is 0 Å². The molecule has 0 heterocycles. The van der Waals surface area contributed by atoms with Crippen LogP contribution in [0.5, 0.6) is 0 Å². The second-order valence-electron chi connectivity index (χ2n) is 9.16. The van der Waals surface area contributed by atoms with E-state index < -0.39 is 70.4 Å². The highest BCUT2D eigenvalue weighted by Crippen LogP contribution is 2.54. The quantitative estimate of drug-likeness (QED) is 0.249. The van der Waals surface area contributed by atoms with Gasteiger partial charge < -0.3 is 17.1 Å². The predicted molar refractivity (Wildman–Crippen MR) is 106 cm³/mol. The largest absolute Gasteiger partial charge is 0.460 e. The van der Waals surface area contributed by atoms with Crippen molar-refractivity contribution in [2.45, 2.75) is 88.8 Å². The Morgan fingerprint density at radius 1 is 0.613 bits per heavy atom. The molecule has 0 aromatic rings. The van der Waals surface area contributed by atoms with Gasteiger partial charge in [0.2, 0.25) is 0 Å². The van der Waals surface area contributed by atoms with E-state index in [1.807, 2.05) is 0 Å². The zero-order valence-corrected chi connectivity index (χ0v) is 22.5. The molecule has 0 saturated heterocycles. The van der Waals surface area contributed by atoms with Gasteiger partial charge >= 0.3 is 49.6 Å². The average molecular weight is 545 g/mol. The molecular weight excluding hydrogens is 515 g/mol. The van der Waals surface area contributed by atoms with Crippen LogP contribution in [0.15, 0.2) is 0 Å². The van der Waals surface area contributed by atoms with E-state index in [1.165, 1.54) is 39.3 Å². The average Bonchev–Trinajstić information content (AvgIpc) is 2.38. The van der Waals surface area contributed by atoms with Gasteiger partial charge in [0, 0.05) is 6.42 Å². The summed E-state index contributed by atoms with van der Waals surface area (Å²) in [5, 5.41) is 0. The summed E-state index contributed by atoms with van der Waals surface area (Å²) < 4.78 is 135. The van der Waals surface area contributed by atoms with E-state index >= 15 is 0 Å². The Kier molecular flexibility index (Phi) is 9.05. The van der Waals surface area contributed by atoms with Crippen molar-refractivity contribution in [3.05, 3.63) is 0 Å². The van der Waals surface area contributed by atoms with E-state index in [0.717, 1.165) is 0 Å². The van der Waals surface area contributed by atoms with E-state index in [1.54, 1.807) is 13.1 Å². The van der Waals surface area contributed by atoms with Crippen molar-refractivity contribution in [1.82, 2.24) is 0 Å². The first kappa shape index (κ1) is 31.1. The third kappa shape index (κ3) is 8.74. The Hall–Kier alpha value is 0.0775. The molecule has 0 unspecified atom stereocenters. The molecule has 4 nitrogen and oxygen atoms in total. The Morgan fingerprint density at radius 2 is 1.00 bits per heavy atom. The van der Waals surface area contributed by atoms with Crippen LogP contribution in [0.25, 0.3) is 0 Å². The number of halogens is 9. The molecule has 0 aliphatic heterocycles. The lowest BCUT2D eigenvalue weighted by Crippen LogP contribution is -2.61. The molecule has 31 heavy (non-hydrogen) atoms. The SMILES string of the molecule is C[Si](C)(O)O[Si](C)(C)O[Si](C)(C)O[Si](C)(C)CCC(F)(F)C(F)(F)C(F)(F)C(F)(F)F. The maximum Gasteiger partial charge on any atom is 0.460 e. The minimum absolute atomic E-state index is 0.827. The predicted octanol–water partition coefficient (Wildman–Crippen LogP) is 6.20. The monoisotopic (exact) mass is 544 g/mol. The normalized spacial score (nSPS) is 16.1. The van der Waals surface area contributed by atoms with Gasteiger partial charge in [-0.15, -0.1) is 0 Å². The third-order valence-corrected chi connectivity index (χ3v) is 17.3. The Morgan fingerprint density at radius 3 is 1.35 bits per heavy atom. The Balaban J connectivity index is 5.37. The van der Waals surface area contributed by atoms with Crippen molar-refractivity contribution >= 4 is 34.0 Å².